The Bertz CT molecular complexity index is 691. The predicted molar refractivity (Wildman–Crippen MR) is 83.9 cm³/mol. The second-order valence-electron chi connectivity index (χ2n) is 4.99. The lowest BCUT2D eigenvalue weighted by atomic mass is 10.2. The van der Waals surface area contributed by atoms with Crippen molar-refractivity contribution in [1.82, 2.24) is 0 Å². The summed E-state index contributed by atoms with van der Waals surface area (Å²) in [6.07, 6.45) is 0.142. The molecular formula is C17H17F3N2O. The van der Waals surface area contributed by atoms with Crippen LogP contribution in [0.5, 0.6) is 0 Å². The molecule has 6 heteroatoms. The van der Waals surface area contributed by atoms with Crippen LogP contribution in [0.4, 0.5) is 24.5 Å². The molecule has 2 aromatic rings. The molecule has 1 N–H and O–H groups in total. The zero-order valence-corrected chi connectivity index (χ0v) is 12.7. The number of carbonyl (C=O) groups is 1. The van der Waals surface area contributed by atoms with Crippen LogP contribution in [-0.2, 0) is 4.79 Å². The van der Waals surface area contributed by atoms with Crippen molar-refractivity contribution in [3.8, 4) is 0 Å². The van der Waals surface area contributed by atoms with E-state index in [2.05, 4.69) is 5.32 Å². The molecule has 0 unspecified atom stereocenters. The van der Waals surface area contributed by atoms with Crippen LogP contribution in [0.1, 0.15) is 13.3 Å². The molecule has 0 aromatic heterocycles. The lowest BCUT2D eigenvalue weighted by Crippen LogP contribution is -2.27. The van der Waals surface area contributed by atoms with E-state index in [1.165, 1.54) is 18.2 Å². The first-order valence-corrected chi connectivity index (χ1v) is 7.25. The summed E-state index contributed by atoms with van der Waals surface area (Å²) in [6.45, 7) is 2.90. The van der Waals surface area contributed by atoms with E-state index < -0.39 is 11.6 Å². The van der Waals surface area contributed by atoms with E-state index >= 15 is 0 Å². The van der Waals surface area contributed by atoms with Gasteiger partial charge in [-0.15, -0.1) is 0 Å². The number of rotatable bonds is 6. The third kappa shape index (κ3) is 4.74. The highest BCUT2D eigenvalue weighted by molar-refractivity contribution is 5.91. The highest BCUT2D eigenvalue weighted by Crippen LogP contribution is 2.16. The van der Waals surface area contributed by atoms with Gasteiger partial charge in [-0.25, -0.2) is 13.2 Å². The van der Waals surface area contributed by atoms with Crippen LogP contribution < -0.4 is 10.2 Å². The summed E-state index contributed by atoms with van der Waals surface area (Å²) < 4.78 is 39.2. The molecule has 0 bridgehead atoms. The Kier molecular flexibility index (Phi) is 5.62. The van der Waals surface area contributed by atoms with Gasteiger partial charge in [-0.3, -0.25) is 4.79 Å². The number of nitrogens with zero attached hydrogens (tertiary/aromatic N) is 1. The van der Waals surface area contributed by atoms with Gasteiger partial charge >= 0.3 is 0 Å². The largest absolute Gasteiger partial charge is 0.371 e. The lowest BCUT2D eigenvalue weighted by Gasteiger charge is -2.22. The minimum atomic E-state index is -1.02. The molecule has 0 atom stereocenters. The summed E-state index contributed by atoms with van der Waals surface area (Å²) in [6, 6.07) is 9.30. The lowest BCUT2D eigenvalue weighted by molar-refractivity contribution is -0.116. The number of benzene rings is 2. The van der Waals surface area contributed by atoms with Gasteiger partial charge in [0, 0.05) is 37.0 Å². The van der Waals surface area contributed by atoms with E-state index in [4.69, 9.17) is 0 Å². The predicted octanol–water partition coefficient (Wildman–Crippen LogP) is 3.96. The molecule has 23 heavy (non-hydrogen) atoms. The van der Waals surface area contributed by atoms with Crippen LogP contribution in [0, 0.1) is 17.5 Å². The van der Waals surface area contributed by atoms with E-state index in [1.54, 1.807) is 12.1 Å². The topological polar surface area (TPSA) is 32.3 Å². The van der Waals surface area contributed by atoms with Crippen molar-refractivity contribution in [3.05, 3.63) is 59.9 Å². The Morgan fingerprint density at radius 3 is 2.52 bits per heavy atom. The Labute approximate surface area is 132 Å². The van der Waals surface area contributed by atoms with E-state index in [0.29, 0.717) is 18.8 Å². The quantitative estimate of drug-likeness (QED) is 0.873. The standard InChI is InChI=1S/C17H17F3N2O/c1-2-22(14-5-3-4-12(18)10-14)9-8-17(23)21-13-6-7-15(19)16(20)11-13/h3-7,10-11H,2,8-9H2,1H3,(H,21,23). The first kappa shape index (κ1) is 16.9. The van der Waals surface area contributed by atoms with Crippen LogP contribution in [0.25, 0.3) is 0 Å². The molecule has 2 aromatic carbocycles. The number of nitrogens with one attached hydrogen (secondary N) is 1. The van der Waals surface area contributed by atoms with Crippen molar-refractivity contribution < 1.29 is 18.0 Å². The maximum absolute atomic E-state index is 13.2. The van der Waals surface area contributed by atoms with Crippen molar-refractivity contribution >= 4 is 17.3 Å². The van der Waals surface area contributed by atoms with Gasteiger partial charge in [-0.05, 0) is 37.3 Å². The number of hydrogen-bond donors (Lipinski definition) is 1. The number of hydrogen-bond acceptors (Lipinski definition) is 2. The second-order valence-corrected chi connectivity index (χ2v) is 4.99. The summed E-state index contributed by atoms with van der Waals surface area (Å²) in [7, 11) is 0. The molecule has 3 nitrogen and oxygen atoms in total. The summed E-state index contributed by atoms with van der Waals surface area (Å²) in [5.41, 5.74) is 0.885. The average molecular weight is 322 g/mol. The summed E-state index contributed by atoms with van der Waals surface area (Å²) in [5, 5.41) is 2.51. The fourth-order valence-corrected chi connectivity index (χ4v) is 2.18. The van der Waals surface area contributed by atoms with Gasteiger partial charge in [0.05, 0.1) is 0 Å². The van der Waals surface area contributed by atoms with Crippen molar-refractivity contribution in [2.24, 2.45) is 0 Å². The molecule has 122 valence electrons. The van der Waals surface area contributed by atoms with E-state index in [1.807, 2.05) is 11.8 Å². The molecule has 0 aliphatic carbocycles. The van der Waals surface area contributed by atoms with Gasteiger partial charge in [-0.1, -0.05) is 6.07 Å². The van der Waals surface area contributed by atoms with Crippen LogP contribution in [0.2, 0.25) is 0 Å². The highest BCUT2D eigenvalue weighted by atomic mass is 19.2. The zero-order valence-electron chi connectivity index (χ0n) is 12.7. The van der Waals surface area contributed by atoms with Crippen molar-refractivity contribution in [3.63, 3.8) is 0 Å². The van der Waals surface area contributed by atoms with Crippen molar-refractivity contribution in [2.45, 2.75) is 13.3 Å². The molecule has 0 aliphatic rings. The van der Waals surface area contributed by atoms with E-state index in [-0.39, 0.29) is 23.8 Å². The molecule has 0 radical (unpaired) electrons. The molecule has 2 rings (SSSR count). The molecule has 0 fully saturated rings. The van der Waals surface area contributed by atoms with Crippen LogP contribution in [-0.4, -0.2) is 19.0 Å². The first-order chi connectivity index (χ1) is 11.0. The summed E-state index contributed by atoms with van der Waals surface area (Å²) in [5.74, 6) is -2.65. The minimum absolute atomic E-state index is 0.142. The Morgan fingerprint density at radius 1 is 1.09 bits per heavy atom. The fourth-order valence-electron chi connectivity index (χ4n) is 2.18. The number of amides is 1. The fraction of sp³-hybridized carbons (Fsp3) is 0.235. The second kappa shape index (κ2) is 7.67. The number of halogens is 3. The maximum atomic E-state index is 13.2. The van der Waals surface area contributed by atoms with Gasteiger partial charge in [0.15, 0.2) is 11.6 Å². The van der Waals surface area contributed by atoms with Crippen LogP contribution in [0.15, 0.2) is 42.5 Å². The first-order valence-electron chi connectivity index (χ1n) is 7.25. The Hall–Kier alpha value is -2.50. The molecule has 0 saturated heterocycles. The Balaban J connectivity index is 1.93. The molecule has 0 aliphatic heterocycles. The van der Waals surface area contributed by atoms with Crippen molar-refractivity contribution in [2.75, 3.05) is 23.3 Å². The molecule has 0 saturated carbocycles. The van der Waals surface area contributed by atoms with Crippen molar-refractivity contribution in [1.29, 1.82) is 0 Å². The Morgan fingerprint density at radius 2 is 1.87 bits per heavy atom. The van der Waals surface area contributed by atoms with Gasteiger partial charge in [-0.2, -0.15) is 0 Å². The highest BCUT2D eigenvalue weighted by Gasteiger charge is 2.10. The van der Waals surface area contributed by atoms with E-state index in [9.17, 15) is 18.0 Å². The minimum Gasteiger partial charge on any atom is -0.371 e. The maximum Gasteiger partial charge on any atom is 0.226 e. The summed E-state index contributed by atoms with van der Waals surface area (Å²) >= 11 is 0. The smallest absolute Gasteiger partial charge is 0.226 e. The third-order valence-electron chi connectivity index (χ3n) is 3.37. The molecule has 0 heterocycles. The zero-order chi connectivity index (χ0) is 16.8. The molecule has 0 spiro atoms. The van der Waals surface area contributed by atoms with Crippen LogP contribution in [0.3, 0.4) is 0 Å². The van der Waals surface area contributed by atoms with Gasteiger partial charge in [0.25, 0.3) is 0 Å². The normalized spacial score (nSPS) is 10.4. The molecule has 1 amide bonds. The summed E-state index contributed by atoms with van der Waals surface area (Å²) in [4.78, 5) is 13.8. The van der Waals surface area contributed by atoms with Crippen LogP contribution >= 0.6 is 0 Å². The van der Waals surface area contributed by atoms with Gasteiger partial charge in [0.2, 0.25) is 5.91 Å². The molecular weight excluding hydrogens is 305 g/mol. The number of carbonyl (C=O) groups excluding carboxylic acids is 1. The van der Waals surface area contributed by atoms with Gasteiger partial charge in [0.1, 0.15) is 5.82 Å². The third-order valence-corrected chi connectivity index (χ3v) is 3.37. The van der Waals surface area contributed by atoms with Gasteiger partial charge < -0.3 is 10.2 Å². The number of anilines is 2. The monoisotopic (exact) mass is 322 g/mol. The SMILES string of the molecule is CCN(CCC(=O)Nc1ccc(F)c(F)c1)c1cccc(F)c1. The average Bonchev–Trinajstić information content (AvgIpc) is 2.52. The van der Waals surface area contributed by atoms with E-state index in [0.717, 1.165) is 12.1 Å².